The average Bonchev–Trinajstić information content (AvgIpc) is 3.79. The van der Waals surface area contributed by atoms with Gasteiger partial charge < -0.3 is 10.2 Å². The molecule has 1 aromatic heterocycles. The summed E-state index contributed by atoms with van der Waals surface area (Å²) >= 11 is 0. The van der Waals surface area contributed by atoms with Gasteiger partial charge in [-0.15, -0.1) is 23.0 Å². The highest BCUT2D eigenvalue weighted by Crippen LogP contribution is 2.45. The summed E-state index contributed by atoms with van der Waals surface area (Å²) in [6.45, 7) is 9.10. The van der Waals surface area contributed by atoms with Crippen LogP contribution in [0.25, 0.3) is 0 Å². The molecule has 4 bridgehead atoms. The lowest BCUT2D eigenvalue weighted by Crippen LogP contribution is -2.59. The molecule has 7 rings (SSSR count). The Morgan fingerprint density at radius 3 is 2.14 bits per heavy atom. The van der Waals surface area contributed by atoms with Crippen molar-refractivity contribution in [3.63, 3.8) is 0 Å². The highest BCUT2D eigenvalue weighted by atomic mass is 16.2. The number of nitrogens with zero attached hydrogens (tertiary/aromatic N) is 5. The molecule has 3 aliphatic heterocycles. The lowest BCUT2D eigenvalue weighted by Gasteiger charge is -2.47. The fourth-order valence-corrected chi connectivity index (χ4v) is 8.16. The van der Waals surface area contributed by atoms with Gasteiger partial charge in [0.05, 0.1) is 0 Å². The number of carbonyl (C=O) groups excluding carboxylic acids is 1. The second kappa shape index (κ2) is 16.1. The van der Waals surface area contributed by atoms with Gasteiger partial charge in [0, 0.05) is 36.9 Å². The van der Waals surface area contributed by atoms with E-state index in [4.69, 9.17) is 0 Å². The molecule has 0 spiro atoms. The number of para-hydroxylation sites is 1. The molecule has 1 aromatic carbocycles. The van der Waals surface area contributed by atoms with Gasteiger partial charge in [0.25, 0.3) is 0 Å². The van der Waals surface area contributed by atoms with Crippen LogP contribution in [0.5, 0.6) is 0 Å². The van der Waals surface area contributed by atoms with Crippen molar-refractivity contribution in [3.8, 4) is 12.8 Å². The van der Waals surface area contributed by atoms with Gasteiger partial charge in [0.2, 0.25) is 0 Å². The number of H-pyrrole nitrogens is 1. The first-order valence-corrected chi connectivity index (χ1v) is 16.4. The lowest BCUT2D eigenvalue weighted by atomic mass is 9.63. The van der Waals surface area contributed by atoms with E-state index in [1.807, 2.05) is 23.1 Å². The Morgan fingerprint density at radius 2 is 1.55 bits per heavy atom. The number of likely N-dealkylation sites (tertiary alicyclic amines) is 1. The van der Waals surface area contributed by atoms with Gasteiger partial charge in [-0.1, -0.05) is 63.4 Å². The van der Waals surface area contributed by atoms with Crippen LogP contribution in [0.15, 0.2) is 36.7 Å². The van der Waals surface area contributed by atoms with Crippen LogP contribution >= 0.6 is 0 Å². The largest absolute Gasteiger partial charge is 0.324 e. The molecule has 8 atom stereocenters. The molecule has 2 amide bonds. The van der Waals surface area contributed by atoms with E-state index in [0.29, 0.717) is 24.0 Å². The van der Waals surface area contributed by atoms with E-state index in [9.17, 15) is 4.79 Å². The minimum absolute atomic E-state index is 0.219. The number of carbonyl (C=O) groups is 1. The number of terminal acetylenes is 1. The number of hydrogen-bond donors (Lipinski definition) is 2. The Bertz CT molecular complexity index is 1020. The van der Waals surface area contributed by atoms with E-state index >= 15 is 0 Å². The summed E-state index contributed by atoms with van der Waals surface area (Å²) in [4.78, 5) is 17.4. The van der Waals surface area contributed by atoms with Gasteiger partial charge in [-0.05, 0) is 93.1 Å². The highest BCUT2D eigenvalue weighted by Gasteiger charge is 2.40. The maximum Gasteiger partial charge on any atom is 0.324 e. The Kier molecular flexibility index (Phi) is 12.2. The third kappa shape index (κ3) is 8.34. The van der Waals surface area contributed by atoms with E-state index in [0.717, 1.165) is 68.1 Å². The van der Waals surface area contributed by atoms with Crippen molar-refractivity contribution in [2.24, 2.45) is 29.6 Å². The van der Waals surface area contributed by atoms with Crippen LogP contribution in [-0.4, -0.2) is 62.8 Å². The number of nitrogens with one attached hydrogen (secondary N) is 2. The maximum absolute atomic E-state index is 13.3. The van der Waals surface area contributed by atoms with Gasteiger partial charge in [-0.3, -0.25) is 4.90 Å². The molecule has 2 saturated carbocycles. The van der Waals surface area contributed by atoms with Gasteiger partial charge in [0.15, 0.2) is 6.33 Å². The van der Waals surface area contributed by atoms with Crippen molar-refractivity contribution in [2.45, 2.75) is 110 Å². The van der Waals surface area contributed by atoms with Crippen LogP contribution < -0.4 is 10.2 Å². The van der Waals surface area contributed by atoms with Crippen LogP contribution in [-0.2, 0) is 0 Å². The number of rotatable bonds is 2. The Morgan fingerprint density at radius 1 is 0.857 bits per heavy atom. The minimum Gasteiger partial charge on any atom is -0.324 e. The zero-order valence-corrected chi connectivity index (χ0v) is 26.1. The molecule has 5 fully saturated rings. The fraction of sp³-hybridized carbons (Fsp3) is 0.706. The third-order valence-corrected chi connectivity index (χ3v) is 10.5. The Labute approximate surface area is 253 Å². The molecule has 8 heteroatoms. The summed E-state index contributed by atoms with van der Waals surface area (Å²) in [6.07, 6.45) is 24.0. The summed E-state index contributed by atoms with van der Waals surface area (Å²) in [5.41, 5.74) is 1.06. The molecule has 42 heavy (non-hydrogen) atoms. The minimum atomic E-state index is 0.219. The smallest absolute Gasteiger partial charge is 0.324 e. The van der Waals surface area contributed by atoms with Crippen molar-refractivity contribution in [3.05, 3.63) is 36.7 Å². The van der Waals surface area contributed by atoms with E-state index in [2.05, 4.69) is 76.6 Å². The van der Waals surface area contributed by atoms with E-state index in [1.165, 1.54) is 44.9 Å². The van der Waals surface area contributed by atoms with Crippen LogP contribution in [0, 0.1) is 42.4 Å². The second-order valence-electron chi connectivity index (χ2n) is 13.3. The van der Waals surface area contributed by atoms with Crippen LogP contribution in [0.1, 0.15) is 91.4 Å². The number of aromatic amines is 1. The number of amides is 2. The molecular formula is C34H53N7O. The van der Waals surface area contributed by atoms with Crippen molar-refractivity contribution < 1.29 is 4.79 Å². The average molecular weight is 576 g/mol. The first-order chi connectivity index (χ1) is 20.5. The fourth-order valence-electron chi connectivity index (χ4n) is 8.16. The molecule has 3 saturated heterocycles. The van der Waals surface area contributed by atoms with Crippen molar-refractivity contribution >= 4 is 11.7 Å². The standard InChI is InChI=1S/C20H29N3O.C11H20.C2H2.CH2N4/c1-15-9-10-16-13-18(14-19(15)21-16)23(17-7-3-2-4-8-17)20(24)22-11-5-6-12-22;1-8-6-9(2)11-5-3-4-10(8)7-11;1-2;1-2-4-5-3-1/h2-4,7-8,15-16,18-19,21H,5-6,9-14H2,1H3;8-11H,3-7H2,1-2H3;1-2H;1H,(H,2,3,4,5)/t15?,16-,18+,19?;8-,9?,10?,11?;;/m00../s1. The predicted octanol–water partition coefficient (Wildman–Crippen LogP) is 6.55. The van der Waals surface area contributed by atoms with Gasteiger partial charge in [-0.25, -0.2) is 4.79 Å². The Hall–Kier alpha value is -2.92. The molecule has 0 radical (unpaired) electrons. The van der Waals surface area contributed by atoms with Crippen molar-refractivity contribution in [2.75, 3.05) is 18.0 Å². The topological polar surface area (TPSA) is 90.0 Å². The number of piperidine rings is 2. The van der Waals surface area contributed by atoms with Crippen LogP contribution in [0.3, 0.4) is 0 Å². The van der Waals surface area contributed by atoms with Gasteiger partial charge in [0.1, 0.15) is 0 Å². The zero-order valence-electron chi connectivity index (χ0n) is 26.1. The van der Waals surface area contributed by atoms with E-state index in [-0.39, 0.29) is 6.03 Å². The summed E-state index contributed by atoms with van der Waals surface area (Å²) in [6, 6.07) is 12.0. The summed E-state index contributed by atoms with van der Waals surface area (Å²) in [7, 11) is 0. The normalized spacial score (nSPS) is 32.9. The van der Waals surface area contributed by atoms with E-state index < -0.39 is 0 Å². The predicted molar refractivity (Wildman–Crippen MR) is 170 cm³/mol. The Balaban J connectivity index is 0.000000184. The number of benzene rings is 1. The van der Waals surface area contributed by atoms with Gasteiger partial charge >= 0.3 is 6.03 Å². The number of urea groups is 1. The number of fused-ring (bicyclic) bond motifs is 4. The molecule has 8 nitrogen and oxygen atoms in total. The molecule has 5 unspecified atom stereocenters. The molecule has 2 aromatic rings. The molecule has 5 aliphatic rings. The lowest BCUT2D eigenvalue weighted by molar-refractivity contribution is 0.0829. The number of hydrogen-bond acceptors (Lipinski definition) is 5. The molecular weight excluding hydrogens is 522 g/mol. The number of tetrazole rings is 1. The first kappa shape index (κ1) is 32.0. The monoisotopic (exact) mass is 575 g/mol. The maximum atomic E-state index is 13.3. The van der Waals surface area contributed by atoms with Crippen LogP contribution in [0.4, 0.5) is 10.5 Å². The molecule has 2 aliphatic carbocycles. The zero-order chi connectivity index (χ0) is 29.9. The number of aromatic nitrogens is 4. The molecule has 230 valence electrons. The quantitative estimate of drug-likeness (QED) is 0.397. The van der Waals surface area contributed by atoms with E-state index in [1.54, 1.807) is 6.42 Å². The summed E-state index contributed by atoms with van der Waals surface area (Å²) < 4.78 is 0. The van der Waals surface area contributed by atoms with Crippen molar-refractivity contribution in [1.29, 1.82) is 0 Å². The number of anilines is 1. The van der Waals surface area contributed by atoms with Crippen molar-refractivity contribution in [1.82, 2.24) is 30.8 Å². The molecule has 2 N–H and O–H groups in total. The van der Waals surface area contributed by atoms with Crippen LogP contribution in [0.2, 0.25) is 0 Å². The first-order valence-electron chi connectivity index (χ1n) is 16.4. The third-order valence-electron chi connectivity index (χ3n) is 10.5. The highest BCUT2D eigenvalue weighted by molar-refractivity contribution is 5.92. The summed E-state index contributed by atoms with van der Waals surface area (Å²) in [5.74, 6) is 4.97. The molecule has 4 heterocycles. The van der Waals surface area contributed by atoms with Gasteiger partial charge in [-0.2, -0.15) is 5.21 Å². The second-order valence-corrected chi connectivity index (χ2v) is 13.3. The summed E-state index contributed by atoms with van der Waals surface area (Å²) in [5, 5.41) is 16.0. The SMILES string of the molecule is C#C.CC1CC[C@H]2C[C@@H](N(C(=O)N3CCCC3)c3ccccc3)CC1N2.CC1C[C@H](C)C2CCCC1C2.c1nn[nH]n1.